The Bertz CT molecular complexity index is 1340. The molecule has 0 saturated carbocycles. The van der Waals surface area contributed by atoms with Crippen molar-refractivity contribution in [3.8, 4) is 6.07 Å². The van der Waals surface area contributed by atoms with Gasteiger partial charge in [-0.2, -0.15) is 40.4 Å². The molecule has 0 N–H and O–H groups in total. The van der Waals surface area contributed by atoms with Gasteiger partial charge in [0.25, 0.3) is 0 Å². The fraction of sp³-hybridized carbons (Fsp3) is 0.690. The van der Waals surface area contributed by atoms with E-state index in [2.05, 4.69) is 4.90 Å². The van der Waals surface area contributed by atoms with Crippen LogP contribution in [-0.4, -0.2) is 75.4 Å². The number of morpholine rings is 1. The first-order valence-corrected chi connectivity index (χ1v) is 15.9. The molecule has 4 unspecified atom stereocenters. The highest BCUT2D eigenvalue weighted by Crippen LogP contribution is 2.55. The molecule has 0 aromatic heterocycles. The van der Waals surface area contributed by atoms with Gasteiger partial charge in [-0.05, 0) is 57.9 Å². The lowest BCUT2D eigenvalue weighted by molar-refractivity contribution is -0.284. The number of imide groups is 1. The van der Waals surface area contributed by atoms with Crippen LogP contribution in [0.5, 0.6) is 0 Å². The minimum Gasteiger partial charge on any atom is -0.365 e. The van der Waals surface area contributed by atoms with Gasteiger partial charge in [0.2, 0.25) is 11.8 Å². The lowest BCUT2D eigenvalue weighted by Crippen LogP contribution is -2.58. The molecule has 45 heavy (non-hydrogen) atoms. The van der Waals surface area contributed by atoms with Crippen LogP contribution in [0.3, 0.4) is 0 Å². The van der Waals surface area contributed by atoms with Gasteiger partial charge in [0, 0.05) is 41.8 Å². The van der Waals surface area contributed by atoms with Crippen molar-refractivity contribution < 1.29 is 53.7 Å². The third-order valence-electron chi connectivity index (χ3n) is 8.72. The number of ether oxygens (including phenoxy) is 1. The fourth-order valence-corrected chi connectivity index (χ4v) is 8.03. The summed E-state index contributed by atoms with van der Waals surface area (Å²) in [7, 11) is -1.50. The molecule has 5 atom stereocenters. The molecule has 3 saturated heterocycles. The van der Waals surface area contributed by atoms with Crippen molar-refractivity contribution in [1.82, 2.24) is 4.90 Å². The third-order valence-corrected chi connectivity index (χ3v) is 10.2. The second-order valence-electron chi connectivity index (χ2n) is 12.3. The van der Waals surface area contributed by atoms with Gasteiger partial charge in [-0.1, -0.05) is 12.8 Å². The van der Waals surface area contributed by atoms with Crippen LogP contribution in [0.25, 0.3) is 0 Å². The van der Waals surface area contributed by atoms with Gasteiger partial charge in [-0.3, -0.25) is 18.7 Å². The molecule has 3 heterocycles. The predicted octanol–water partition coefficient (Wildman–Crippen LogP) is 5.83. The second-order valence-corrected chi connectivity index (χ2v) is 14.0. The average molecular weight is 672 g/mol. The molecule has 16 heteroatoms. The largest absolute Gasteiger partial charge is 0.453 e. The smallest absolute Gasteiger partial charge is 0.365 e. The molecule has 2 amide bonds. The molecule has 1 aromatic carbocycles. The summed E-state index contributed by atoms with van der Waals surface area (Å²) in [5.41, 5.74) is -4.29. The summed E-state index contributed by atoms with van der Waals surface area (Å²) in [6.07, 6.45) is -9.80. The minimum absolute atomic E-state index is 0.194. The number of anilines is 1. The van der Waals surface area contributed by atoms with Gasteiger partial charge in [0.15, 0.2) is 0 Å². The Hall–Kier alpha value is -2.64. The highest BCUT2D eigenvalue weighted by atomic mass is 32.2. The van der Waals surface area contributed by atoms with Crippen molar-refractivity contribution in [2.24, 2.45) is 11.8 Å². The lowest BCUT2D eigenvalue weighted by atomic mass is 9.79. The molecule has 0 aliphatic carbocycles. The van der Waals surface area contributed by atoms with Crippen LogP contribution >= 0.6 is 0 Å². The maximum Gasteiger partial charge on any atom is 0.453 e. The van der Waals surface area contributed by atoms with E-state index >= 15 is 0 Å². The number of alkyl halides is 8. The Kier molecular flexibility index (Phi) is 9.80. The number of nitriles is 1. The Labute approximate surface area is 257 Å². The zero-order valence-corrected chi connectivity index (χ0v) is 25.4. The highest BCUT2D eigenvalue weighted by Gasteiger charge is 2.71. The number of fused-ring (bicyclic) bond motifs is 5. The van der Waals surface area contributed by atoms with Gasteiger partial charge in [-0.25, -0.2) is 4.90 Å². The van der Waals surface area contributed by atoms with Gasteiger partial charge in [-0.15, -0.1) is 0 Å². The lowest BCUT2D eigenvalue weighted by Gasteiger charge is -2.45. The van der Waals surface area contributed by atoms with E-state index in [-0.39, 0.29) is 17.2 Å². The van der Waals surface area contributed by atoms with Crippen LogP contribution in [0.4, 0.5) is 40.8 Å². The van der Waals surface area contributed by atoms with E-state index < -0.39 is 87.9 Å². The number of carbonyl (C=O) groups excluding carboxylic acids is 2. The van der Waals surface area contributed by atoms with Crippen molar-refractivity contribution >= 4 is 28.3 Å². The third kappa shape index (κ3) is 7.05. The molecule has 0 radical (unpaired) electrons. The zero-order chi connectivity index (χ0) is 33.6. The molecular weight excluding hydrogens is 638 g/mol. The Morgan fingerprint density at radius 2 is 1.47 bits per heavy atom. The Balaban J connectivity index is 1.29. The summed E-state index contributed by atoms with van der Waals surface area (Å²) in [6, 6.07) is 4.21. The predicted molar refractivity (Wildman–Crippen MR) is 147 cm³/mol. The van der Waals surface area contributed by atoms with Crippen LogP contribution in [0.15, 0.2) is 18.2 Å². The Morgan fingerprint density at radius 3 is 2.00 bits per heavy atom. The first-order valence-electron chi connectivity index (χ1n) is 14.5. The van der Waals surface area contributed by atoms with Gasteiger partial charge in [0.1, 0.15) is 0 Å². The Morgan fingerprint density at radius 1 is 0.911 bits per heavy atom. The van der Waals surface area contributed by atoms with Crippen LogP contribution in [-0.2, 0) is 31.3 Å². The standard InChI is InChI=1S/C29H33F8N3O4S/c1-25-16-39(11-5-3-4-6-12-45(43)13-7-10-27(30,31)29(35,36)37)17-26(2,44-25)22-21(25)23(41)40(24(22)42)19-9-8-18(15-38)20(14-19)28(32,33)34/h8-9,14,21-22H,3-7,10-13,16-17H2,1-2H3/t21-,22?,25?,26?,45?/m0/s1. The van der Waals surface area contributed by atoms with Crippen LogP contribution in [0.2, 0.25) is 0 Å². The van der Waals surface area contributed by atoms with Crippen LogP contribution in [0.1, 0.15) is 63.5 Å². The molecule has 3 aliphatic heterocycles. The van der Waals surface area contributed by atoms with E-state index in [0.29, 0.717) is 51.4 Å². The second kappa shape index (κ2) is 12.5. The minimum atomic E-state index is -5.62. The number of carbonyl (C=O) groups is 2. The van der Waals surface area contributed by atoms with Gasteiger partial charge >= 0.3 is 18.3 Å². The SMILES string of the molecule is CC12CN(CCCCCCS(=O)CCCC(F)(F)C(F)(F)F)CC(C)(O1)[C@@H]1C(=O)N(c3ccc(C#N)c(C(F)(F)F)c3)C(=O)C12. The normalized spacial score (nSPS) is 28.0. The molecule has 3 aliphatic rings. The van der Waals surface area contributed by atoms with Gasteiger partial charge < -0.3 is 4.74 Å². The van der Waals surface area contributed by atoms with Gasteiger partial charge in [0.05, 0.1) is 45.9 Å². The number of likely N-dealkylation sites (tertiary alicyclic amines) is 1. The van der Waals surface area contributed by atoms with E-state index in [9.17, 15) is 48.9 Å². The molecule has 1 aromatic rings. The fourth-order valence-electron chi connectivity index (χ4n) is 6.83. The summed E-state index contributed by atoms with van der Waals surface area (Å²) in [4.78, 5) is 30.0. The molecule has 250 valence electrons. The number of hydrogen-bond donors (Lipinski definition) is 0. The topological polar surface area (TPSA) is 90.7 Å². The van der Waals surface area contributed by atoms with E-state index in [4.69, 9.17) is 10.00 Å². The number of hydrogen-bond acceptors (Lipinski definition) is 6. The first kappa shape index (κ1) is 35.2. The quantitative estimate of drug-likeness (QED) is 0.158. The number of halogens is 8. The molecule has 7 nitrogen and oxygen atoms in total. The van der Waals surface area contributed by atoms with Crippen molar-refractivity contribution in [1.29, 1.82) is 5.26 Å². The summed E-state index contributed by atoms with van der Waals surface area (Å²) in [6.45, 7) is 4.59. The molecule has 4 rings (SSSR count). The summed E-state index contributed by atoms with van der Waals surface area (Å²) >= 11 is 0. The number of rotatable bonds is 12. The number of amides is 2. The van der Waals surface area contributed by atoms with Crippen LogP contribution in [0, 0.1) is 23.2 Å². The zero-order valence-electron chi connectivity index (χ0n) is 24.6. The van der Waals surface area contributed by atoms with Crippen LogP contribution < -0.4 is 4.90 Å². The maximum absolute atomic E-state index is 13.6. The van der Waals surface area contributed by atoms with E-state index in [1.165, 1.54) is 6.07 Å². The molecule has 0 spiro atoms. The molecule has 2 bridgehead atoms. The van der Waals surface area contributed by atoms with Crippen molar-refractivity contribution in [3.05, 3.63) is 29.3 Å². The molecular formula is C29H33F8N3O4S. The van der Waals surface area contributed by atoms with E-state index in [1.807, 2.05) is 0 Å². The van der Waals surface area contributed by atoms with Crippen molar-refractivity contribution in [2.75, 3.05) is 36.0 Å². The van der Waals surface area contributed by atoms with E-state index in [0.717, 1.165) is 17.0 Å². The summed E-state index contributed by atoms with van der Waals surface area (Å²) in [5, 5.41) is 9.09. The average Bonchev–Trinajstić information content (AvgIpc) is 3.29. The summed E-state index contributed by atoms with van der Waals surface area (Å²) < 4.78 is 122. The number of benzene rings is 1. The van der Waals surface area contributed by atoms with E-state index in [1.54, 1.807) is 13.8 Å². The maximum atomic E-state index is 13.6. The van der Waals surface area contributed by atoms with Crippen molar-refractivity contribution in [3.63, 3.8) is 0 Å². The highest BCUT2D eigenvalue weighted by molar-refractivity contribution is 7.84. The molecule has 3 fully saturated rings. The summed E-state index contributed by atoms with van der Waals surface area (Å²) in [5.74, 6) is -8.00. The monoisotopic (exact) mass is 671 g/mol. The van der Waals surface area contributed by atoms with Crippen molar-refractivity contribution in [2.45, 2.75) is 81.8 Å². The number of unbranched alkanes of at least 4 members (excludes halogenated alkanes) is 3. The first-order chi connectivity index (χ1) is 20.7. The number of nitrogens with zero attached hydrogens (tertiary/aromatic N) is 3.